The molecule has 3 N–H and O–H groups in total. The first-order valence-corrected chi connectivity index (χ1v) is 10.3. The summed E-state index contributed by atoms with van der Waals surface area (Å²) in [7, 11) is 0. The number of aliphatic hydroxyl groups is 1. The molecule has 7 nitrogen and oxygen atoms in total. The van der Waals surface area contributed by atoms with Gasteiger partial charge in [0.2, 0.25) is 5.91 Å². The highest BCUT2D eigenvalue weighted by atomic mass is 19.1. The number of pyridine rings is 1. The van der Waals surface area contributed by atoms with E-state index in [0.717, 1.165) is 0 Å². The topological polar surface area (TPSA) is 101 Å². The van der Waals surface area contributed by atoms with Crippen LogP contribution in [0.5, 0.6) is 0 Å². The van der Waals surface area contributed by atoms with Gasteiger partial charge < -0.3 is 20.5 Å². The number of aliphatic hydroxyl groups excluding tert-OH is 1. The van der Waals surface area contributed by atoms with Crippen LogP contribution in [0, 0.1) is 11.7 Å². The molecule has 2 amide bonds. The SMILES string of the molecule is CC1C(=O)Nc2ccc(F)cc2-c2ccnc(c2)C(NC(=O)OC(C)(C)C)CCC1O. The van der Waals surface area contributed by atoms with Gasteiger partial charge >= 0.3 is 6.09 Å². The van der Waals surface area contributed by atoms with Crippen LogP contribution >= 0.6 is 0 Å². The van der Waals surface area contributed by atoms with E-state index < -0.39 is 35.6 Å². The normalized spacial score (nSPS) is 21.7. The predicted molar refractivity (Wildman–Crippen MR) is 115 cm³/mol. The minimum atomic E-state index is -0.936. The monoisotopic (exact) mass is 429 g/mol. The van der Waals surface area contributed by atoms with E-state index in [-0.39, 0.29) is 12.3 Å². The number of rotatable bonds is 1. The number of benzene rings is 1. The van der Waals surface area contributed by atoms with Gasteiger partial charge in [0, 0.05) is 17.4 Å². The molecule has 166 valence electrons. The van der Waals surface area contributed by atoms with Gasteiger partial charge in [-0.1, -0.05) is 6.92 Å². The summed E-state index contributed by atoms with van der Waals surface area (Å²) in [4.78, 5) is 29.5. The van der Waals surface area contributed by atoms with E-state index in [2.05, 4.69) is 15.6 Å². The predicted octanol–water partition coefficient (Wildman–Crippen LogP) is 4.18. The fourth-order valence-corrected chi connectivity index (χ4v) is 3.42. The zero-order valence-corrected chi connectivity index (χ0v) is 18.1. The molecule has 1 aliphatic rings. The lowest BCUT2D eigenvalue weighted by Gasteiger charge is -2.26. The quantitative estimate of drug-likeness (QED) is 0.631. The second-order valence-corrected chi connectivity index (χ2v) is 8.78. The van der Waals surface area contributed by atoms with E-state index in [1.54, 1.807) is 46.0 Å². The molecule has 0 radical (unpaired) electrons. The van der Waals surface area contributed by atoms with Crippen LogP contribution in [0.15, 0.2) is 36.5 Å². The van der Waals surface area contributed by atoms with E-state index >= 15 is 0 Å². The van der Waals surface area contributed by atoms with Crippen LogP contribution in [-0.2, 0) is 9.53 Å². The summed E-state index contributed by atoms with van der Waals surface area (Å²) >= 11 is 0. The Morgan fingerprint density at radius 3 is 2.71 bits per heavy atom. The molecule has 31 heavy (non-hydrogen) atoms. The summed E-state index contributed by atoms with van der Waals surface area (Å²) < 4.78 is 19.4. The number of nitrogens with zero attached hydrogens (tertiary/aromatic N) is 1. The molecule has 0 saturated heterocycles. The van der Waals surface area contributed by atoms with Crippen molar-refractivity contribution >= 4 is 17.7 Å². The molecule has 1 aliphatic heterocycles. The molecule has 3 rings (SSSR count). The highest BCUT2D eigenvalue weighted by Crippen LogP contribution is 2.32. The third-order valence-electron chi connectivity index (χ3n) is 5.12. The zero-order chi connectivity index (χ0) is 22.8. The van der Waals surface area contributed by atoms with Crippen LogP contribution < -0.4 is 10.6 Å². The number of fused-ring (bicyclic) bond motifs is 4. The average molecular weight is 429 g/mol. The number of carbonyl (C=O) groups excluding carboxylic acids is 2. The summed E-state index contributed by atoms with van der Waals surface area (Å²) in [6.07, 6.45) is 0.621. The van der Waals surface area contributed by atoms with Crippen molar-refractivity contribution < 1.29 is 23.8 Å². The molecule has 8 heteroatoms. The van der Waals surface area contributed by atoms with Crippen molar-refractivity contribution in [3.05, 3.63) is 48.0 Å². The lowest BCUT2D eigenvalue weighted by Crippen LogP contribution is -2.36. The van der Waals surface area contributed by atoms with Gasteiger partial charge in [0.1, 0.15) is 11.4 Å². The zero-order valence-electron chi connectivity index (χ0n) is 18.1. The number of amides is 2. The molecular weight excluding hydrogens is 401 g/mol. The fraction of sp³-hybridized carbons (Fsp3) is 0.435. The molecular formula is C23H28FN3O4. The molecule has 3 atom stereocenters. The Labute approximate surface area is 181 Å². The third-order valence-corrected chi connectivity index (χ3v) is 5.12. The van der Waals surface area contributed by atoms with E-state index in [4.69, 9.17) is 4.74 Å². The summed E-state index contributed by atoms with van der Waals surface area (Å²) in [6, 6.07) is 6.98. The van der Waals surface area contributed by atoms with Crippen molar-refractivity contribution in [1.82, 2.24) is 10.3 Å². The minimum absolute atomic E-state index is 0.261. The highest BCUT2D eigenvalue weighted by molar-refractivity contribution is 5.97. The molecule has 3 unspecified atom stereocenters. The molecule has 0 aliphatic carbocycles. The standard InChI is InChI=1S/C23H28FN3O4/c1-13-20(28)8-7-18(27-22(30)31-23(2,3)4)19-11-14(9-10-25-19)16-12-15(24)5-6-17(16)26-21(13)29/h5-6,9-13,18,20,28H,7-8H2,1-4H3,(H,26,29)(H,27,30). The maximum absolute atomic E-state index is 14.0. The highest BCUT2D eigenvalue weighted by Gasteiger charge is 2.27. The van der Waals surface area contributed by atoms with Gasteiger partial charge in [0.25, 0.3) is 0 Å². The Morgan fingerprint density at radius 2 is 2.00 bits per heavy atom. The molecule has 1 aromatic carbocycles. The Morgan fingerprint density at radius 1 is 1.26 bits per heavy atom. The largest absolute Gasteiger partial charge is 0.444 e. The molecule has 0 spiro atoms. The Kier molecular flexibility index (Phi) is 6.59. The summed E-state index contributed by atoms with van der Waals surface area (Å²) in [5.41, 5.74) is 1.43. The van der Waals surface area contributed by atoms with E-state index in [1.807, 2.05) is 0 Å². The Balaban J connectivity index is 2.04. The van der Waals surface area contributed by atoms with Crippen LogP contribution in [-0.4, -0.2) is 33.8 Å². The lowest BCUT2D eigenvalue weighted by molar-refractivity contribution is -0.122. The lowest BCUT2D eigenvalue weighted by atomic mass is 9.93. The second-order valence-electron chi connectivity index (χ2n) is 8.78. The van der Waals surface area contributed by atoms with Crippen molar-refractivity contribution in [2.45, 2.75) is 58.3 Å². The smallest absolute Gasteiger partial charge is 0.408 e. The Hall–Kier alpha value is -3.00. The maximum Gasteiger partial charge on any atom is 0.408 e. The maximum atomic E-state index is 14.0. The van der Waals surface area contributed by atoms with Gasteiger partial charge in [-0.3, -0.25) is 9.78 Å². The number of ether oxygens (including phenoxy) is 1. The number of halogens is 1. The van der Waals surface area contributed by atoms with Crippen LogP contribution in [0.4, 0.5) is 14.9 Å². The number of hydrogen-bond acceptors (Lipinski definition) is 5. The van der Waals surface area contributed by atoms with Crippen LogP contribution in [0.25, 0.3) is 11.1 Å². The van der Waals surface area contributed by atoms with E-state index in [0.29, 0.717) is 28.9 Å². The Bertz CT molecular complexity index is 974. The summed E-state index contributed by atoms with van der Waals surface area (Å²) in [6.45, 7) is 6.93. The molecule has 2 bridgehead atoms. The molecule has 2 heterocycles. The van der Waals surface area contributed by atoms with E-state index in [1.165, 1.54) is 18.2 Å². The van der Waals surface area contributed by atoms with Crippen LogP contribution in [0.3, 0.4) is 0 Å². The van der Waals surface area contributed by atoms with Crippen molar-refractivity contribution in [2.24, 2.45) is 5.92 Å². The van der Waals surface area contributed by atoms with Crippen molar-refractivity contribution in [2.75, 3.05) is 5.32 Å². The van der Waals surface area contributed by atoms with Crippen LogP contribution in [0.2, 0.25) is 0 Å². The number of carbonyl (C=O) groups is 2. The van der Waals surface area contributed by atoms with Gasteiger partial charge in [-0.15, -0.1) is 0 Å². The minimum Gasteiger partial charge on any atom is -0.444 e. The number of anilines is 1. The average Bonchev–Trinajstić information content (AvgIpc) is 2.69. The summed E-state index contributed by atoms with van der Waals surface area (Å²) in [5, 5.41) is 16.2. The molecule has 0 fully saturated rings. The molecule has 2 aromatic rings. The number of hydrogen-bond donors (Lipinski definition) is 3. The molecule has 1 aromatic heterocycles. The second kappa shape index (κ2) is 9.01. The van der Waals surface area contributed by atoms with Gasteiger partial charge in [-0.25, -0.2) is 9.18 Å². The number of alkyl carbamates (subject to hydrolysis) is 1. The fourth-order valence-electron chi connectivity index (χ4n) is 3.42. The number of nitrogens with one attached hydrogen (secondary N) is 2. The van der Waals surface area contributed by atoms with Gasteiger partial charge in [0.15, 0.2) is 0 Å². The first-order valence-electron chi connectivity index (χ1n) is 10.3. The van der Waals surface area contributed by atoms with Crippen molar-refractivity contribution in [3.8, 4) is 11.1 Å². The first kappa shape index (κ1) is 22.7. The number of aromatic nitrogens is 1. The van der Waals surface area contributed by atoms with E-state index in [9.17, 15) is 19.1 Å². The molecule has 0 saturated carbocycles. The van der Waals surface area contributed by atoms with Crippen molar-refractivity contribution in [1.29, 1.82) is 0 Å². The van der Waals surface area contributed by atoms with Gasteiger partial charge in [-0.2, -0.15) is 0 Å². The first-order chi connectivity index (χ1) is 14.5. The third kappa shape index (κ3) is 5.79. The van der Waals surface area contributed by atoms with Crippen LogP contribution in [0.1, 0.15) is 52.3 Å². The van der Waals surface area contributed by atoms with Gasteiger partial charge in [0.05, 0.1) is 23.8 Å². The summed E-state index contributed by atoms with van der Waals surface area (Å²) in [5.74, 6) is -1.52. The van der Waals surface area contributed by atoms with Gasteiger partial charge in [-0.05, 0) is 69.5 Å². The van der Waals surface area contributed by atoms with Crippen molar-refractivity contribution in [3.63, 3.8) is 0 Å².